The minimum absolute atomic E-state index is 0.252. The van der Waals surface area contributed by atoms with E-state index in [1.54, 1.807) is 0 Å². The van der Waals surface area contributed by atoms with Gasteiger partial charge in [0.25, 0.3) is 0 Å². The van der Waals surface area contributed by atoms with Crippen molar-refractivity contribution in [2.75, 3.05) is 13.2 Å². The standard InChI is InChI=1S/C15H22O/c1-15(2,3)14-6-4-5-12(10-14)9-13-7-8-16-11-13/h4-6,10,13H,7-9,11H2,1-3H3. The Morgan fingerprint density at radius 1 is 1.31 bits per heavy atom. The Morgan fingerprint density at radius 3 is 2.75 bits per heavy atom. The molecule has 0 N–H and O–H groups in total. The largest absolute Gasteiger partial charge is 0.381 e. The zero-order valence-corrected chi connectivity index (χ0v) is 10.6. The molecule has 0 radical (unpaired) electrons. The van der Waals surface area contributed by atoms with Crippen molar-refractivity contribution in [2.45, 2.75) is 39.0 Å². The van der Waals surface area contributed by atoms with Crippen LogP contribution in [-0.4, -0.2) is 13.2 Å². The topological polar surface area (TPSA) is 9.23 Å². The van der Waals surface area contributed by atoms with Crippen molar-refractivity contribution in [1.82, 2.24) is 0 Å². The van der Waals surface area contributed by atoms with Crippen LogP contribution in [0.5, 0.6) is 0 Å². The van der Waals surface area contributed by atoms with Crippen molar-refractivity contribution in [3.05, 3.63) is 35.4 Å². The van der Waals surface area contributed by atoms with E-state index in [4.69, 9.17) is 4.74 Å². The summed E-state index contributed by atoms with van der Waals surface area (Å²) in [7, 11) is 0. The van der Waals surface area contributed by atoms with Crippen LogP contribution < -0.4 is 0 Å². The summed E-state index contributed by atoms with van der Waals surface area (Å²) in [5, 5.41) is 0. The van der Waals surface area contributed by atoms with E-state index in [1.165, 1.54) is 24.0 Å². The quantitative estimate of drug-likeness (QED) is 0.737. The monoisotopic (exact) mass is 218 g/mol. The molecule has 1 nitrogen and oxygen atoms in total. The highest BCUT2D eigenvalue weighted by Crippen LogP contribution is 2.25. The van der Waals surface area contributed by atoms with Gasteiger partial charge in [-0.15, -0.1) is 0 Å². The molecule has 2 rings (SSSR count). The first-order chi connectivity index (χ1) is 7.55. The third-order valence-electron chi connectivity index (χ3n) is 3.34. The maximum Gasteiger partial charge on any atom is 0.0498 e. The molecular weight excluding hydrogens is 196 g/mol. The van der Waals surface area contributed by atoms with Crippen LogP contribution in [0, 0.1) is 5.92 Å². The van der Waals surface area contributed by atoms with E-state index in [-0.39, 0.29) is 5.41 Å². The van der Waals surface area contributed by atoms with Gasteiger partial charge in [-0.05, 0) is 35.3 Å². The molecule has 1 unspecified atom stereocenters. The molecule has 1 heterocycles. The number of ether oxygens (including phenoxy) is 1. The van der Waals surface area contributed by atoms with Crippen molar-refractivity contribution in [3.63, 3.8) is 0 Å². The lowest BCUT2D eigenvalue weighted by molar-refractivity contribution is 0.186. The molecule has 1 aromatic carbocycles. The SMILES string of the molecule is CC(C)(C)c1cccc(CC2CCOC2)c1. The van der Waals surface area contributed by atoms with Gasteiger partial charge in [0.2, 0.25) is 0 Å². The first-order valence-electron chi connectivity index (χ1n) is 6.23. The highest BCUT2D eigenvalue weighted by atomic mass is 16.5. The summed E-state index contributed by atoms with van der Waals surface area (Å²) < 4.78 is 5.43. The molecule has 0 spiro atoms. The maximum atomic E-state index is 5.43. The zero-order chi connectivity index (χ0) is 11.6. The molecule has 0 saturated carbocycles. The van der Waals surface area contributed by atoms with Crippen LogP contribution >= 0.6 is 0 Å². The lowest BCUT2D eigenvalue weighted by Crippen LogP contribution is -2.12. The molecule has 16 heavy (non-hydrogen) atoms. The summed E-state index contributed by atoms with van der Waals surface area (Å²) >= 11 is 0. The van der Waals surface area contributed by atoms with Crippen molar-refractivity contribution >= 4 is 0 Å². The maximum absolute atomic E-state index is 5.43. The van der Waals surface area contributed by atoms with Crippen molar-refractivity contribution in [2.24, 2.45) is 5.92 Å². The van der Waals surface area contributed by atoms with Gasteiger partial charge in [-0.1, -0.05) is 45.0 Å². The molecule has 1 aliphatic rings. The van der Waals surface area contributed by atoms with Crippen LogP contribution in [0.2, 0.25) is 0 Å². The molecule has 0 aliphatic carbocycles. The Kier molecular flexibility index (Phi) is 3.34. The fourth-order valence-electron chi connectivity index (χ4n) is 2.24. The summed E-state index contributed by atoms with van der Waals surface area (Å²) in [5.74, 6) is 0.732. The van der Waals surface area contributed by atoms with Gasteiger partial charge in [0.1, 0.15) is 0 Å². The van der Waals surface area contributed by atoms with Crippen LogP contribution in [-0.2, 0) is 16.6 Å². The van der Waals surface area contributed by atoms with Crippen LogP contribution in [0.3, 0.4) is 0 Å². The van der Waals surface area contributed by atoms with Gasteiger partial charge in [-0.2, -0.15) is 0 Å². The summed E-state index contributed by atoms with van der Waals surface area (Å²) in [5.41, 5.74) is 3.15. The molecule has 0 amide bonds. The van der Waals surface area contributed by atoms with Crippen LogP contribution in [0.15, 0.2) is 24.3 Å². The predicted molar refractivity (Wildman–Crippen MR) is 67.8 cm³/mol. The fraction of sp³-hybridized carbons (Fsp3) is 0.600. The van der Waals surface area contributed by atoms with E-state index in [2.05, 4.69) is 45.0 Å². The summed E-state index contributed by atoms with van der Waals surface area (Å²) in [4.78, 5) is 0. The van der Waals surface area contributed by atoms with E-state index < -0.39 is 0 Å². The predicted octanol–water partition coefficient (Wildman–Crippen LogP) is 3.56. The second kappa shape index (κ2) is 4.58. The first-order valence-corrected chi connectivity index (χ1v) is 6.23. The minimum Gasteiger partial charge on any atom is -0.381 e. The minimum atomic E-state index is 0.252. The molecule has 1 heteroatoms. The molecule has 0 bridgehead atoms. The van der Waals surface area contributed by atoms with Crippen LogP contribution in [0.1, 0.15) is 38.3 Å². The summed E-state index contributed by atoms with van der Waals surface area (Å²) in [6.07, 6.45) is 2.39. The van der Waals surface area contributed by atoms with Gasteiger partial charge in [-0.3, -0.25) is 0 Å². The van der Waals surface area contributed by atoms with Gasteiger partial charge in [-0.25, -0.2) is 0 Å². The lowest BCUT2D eigenvalue weighted by atomic mass is 9.85. The molecule has 0 aromatic heterocycles. The second-order valence-corrected chi connectivity index (χ2v) is 5.88. The van der Waals surface area contributed by atoms with Crippen LogP contribution in [0.25, 0.3) is 0 Å². The number of hydrogen-bond acceptors (Lipinski definition) is 1. The van der Waals surface area contributed by atoms with Gasteiger partial charge in [0.05, 0.1) is 0 Å². The van der Waals surface area contributed by atoms with Gasteiger partial charge >= 0.3 is 0 Å². The highest BCUT2D eigenvalue weighted by Gasteiger charge is 2.18. The van der Waals surface area contributed by atoms with Gasteiger partial charge < -0.3 is 4.74 Å². The summed E-state index contributed by atoms with van der Waals surface area (Å²) in [6.45, 7) is 8.70. The van der Waals surface area contributed by atoms with Crippen LogP contribution in [0.4, 0.5) is 0 Å². The van der Waals surface area contributed by atoms with Crippen molar-refractivity contribution in [1.29, 1.82) is 0 Å². The Labute approximate surface area is 98.8 Å². The number of benzene rings is 1. The Bertz CT molecular complexity index is 343. The average Bonchev–Trinajstić information content (AvgIpc) is 2.70. The molecule has 1 saturated heterocycles. The molecule has 88 valence electrons. The van der Waals surface area contributed by atoms with E-state index >= 15 is 0 Å². The Morgan fingerprint density at radius 2 is 2.12 bits per heavy atom. The average molecular weight is 218 g/mol. The summed E-state index contributed by atoms with van der Waals surface area (Å²) in [6, 6.07) is 9.02. The van der Waals surface area contributed by atoms with E-state index in [0.717, 1.165) is 19.1 Å². The number of hydrogen-bond donors (Lipinski definition) is 0. The van der Waals surface area contributed by atoms with Crippen molar-refractivity contribution in [3.8, 4) is 0 Å². The van der Waals surface area contributed by atoms with Crippen molar-refractivity contribution < 1.29 is 4.74 Å². The zero-order valence-electron chi connectivity index (χ0n) is 10.6. The molecule has 1 fully saturated rings. The smallest absolute Gasteiger partial charge is 0.0498 e. The Hall–Kier alpha value is -0.820. The third kappa shape index (κ3) is 2.85. The molecule has 1 aromatic rings. The fourth-order valence-corrected chi connectivity index (χ4v) is 2.24. The van der Waals surface area contributed by atoms with E-state index in [1.807, 2.05) is 0 Å². The normalized spacial score (nSPS) is 21.3. The number of rotatable bonds is 2. The third-order valence-corrected chi connectivity index (χ3v) is 3.34. The highest BCUT2D eigenvalue weighted by molar-refractivity contribution is 5.28. The lowest BCUT2D eigenvalue weighted by Gasteiger charge is -2.20. The van der Waals surface area contributed by atoms with E-state index in [0.29, 0.717) is 0 Å². The van der Waals surface area contributed by atoms with E-state index in [9.17, 15) is 0 Å². The molecule has 1 atom stereocenters. The first kappa shape index (κ1) is 11.7. The Balaban J connectivity index is 2.09. The molecule has 1 aliphatic heterocycles. The van der Waals surface area contributed by atoms with Gasteiger partial charge in [0.15, 0.2) is 0 Å². The second-order valence-electron chi connectivity index (χ2n) is 5.88. The van der Waals surface area contributed by atoms with Gasteiger partial charge in [0, 0.05) is 13.2 Å². The molecular formula is C15H22O.